The van der Waals surface area contributed by atoms with Crippen molar-refractivity contribution >= 4 is 17.7 Å². The van der Waals surface area contributed by atoms with Crippen LogP contribution in [0.15, 0.2) is 24.3 Å². The summed E-state index contributed by atoms with van der Waals surface area (Å²) >= 11 is 0. The Kier molecular flexibility index (Phi) is 4.42. The fourth-order valence-corrected chi connectivity index (χ4v) is 3.75. The number of carbonyl (C=O) groups excluding carboxylic acids is 2. The van der Waals surface area contributed by atoms with Gasteiger partial charge in [-0.15, -0.1) is 0 Å². The molecule has 0 saturated carbocycles. The van der Waals surface area contributed by atoms with Crippen molar-refractivity contribution in [1.29, 1.82) is 5.26 Å². The van der Waals surface area contributed by atoms with E-state index in [2.05, 4.69) is 5.32 Å². The molecule has 2 aliphatic heterocycles. The molecule has 1 aromatic rings. The first-order valence-corrected chi connectivity index (χ1v) is 8.61. The van der Waals surface area contributed by atoms with Gasteiger partial charge in [-0.3, -0.25) is 4.79 Å². The number of nitriles is 1. The number of fused-ring (bicyclic) bond motifs is 2. The van der Waals surface area contributed by atoms with E-state index in [0.717, 1.165) is 12.8 Å². The lowest BCUT2D eigenvalue weighted by molar-refractivity contribution is -0.160. The Hall–Kier alpha value is -2.55. The minimum Gasteiger partial charge on any atom is -0.460 e. The Balaban J connectivity index is 1.67. The molecule has 0 aliphatic carbocycles. The van der Waals surface area contributed by atoms with Crippen molar-refractivity contribution in [1.82, 2.24) is 4.90 Å². The zero-order chi connectivity index (χ0) is 18.2. The lowest BCUT2D eigenvalue weighted by atomic mass is 9.89. The van der Waals surface area contributed by atoms with Crippen LogP contribution in [0.25, 0.3) is 0 Å². The first-order chi connectivity index (χ1) is 11.8. The van der Waals surface area contributed by atoms with E-state index in [1.54, 1.807) is 29.2 Å². The van der Waals surface area contributed by atoms with Gasteiger partial charge < -0.3 is 15.0 Å². The molecule has 2 saturated heterocycles. The summed E-state index contributed by atoms with van der Waals surface area (Å²) in [5.74, 6) is -0.458. The van der Waals surface area contributed by atoms with Gasteiger partial charge in [0.1, 0.15) is 5.60 Å². The molecular formula is C19H23N3O3. The fourth-order valence-electron chi connectivity index (χ4n) is 3.75. The van der Waals surface area contributed by atoms with Crippen molar-refractivity contribution in [2.75, 3.05) is 5.32 Å². The first kappa shape index (κ1) is 17.3. The normalized spacial score (nSPS) is 24.7. The van der Waals surface area contributed by atoms with E-state index in [1.165, 1.54) is 0 Å². The third-order valence-corrected chi connectivity index (χ3v) is 4.75. The largest absolute Gasteiger partial charge is 0.460 e. The van der Waals surface area contributed by atoms with Crippen LogP contribution < -0.4 is 5.32 Å². The highest BCUT2D eigenvalue weighted by Gasteiger charge is 2.52. The van der Waals surface area contributed by atoms with E-state index < -0.39 is 5.60 Å². The summed E-state index contributed by atoms with van der Waals surface area (Å²) in [6, 6.07) is 8.59. The molecule has 132 valence electrons. The third-order valence-electron chi connectivity index (χ3n) is 4.75. The van der Waals surface area contributed by atoms with E-state index in [9.17, 15) is 9.59 Å². The average Bonchev–Trinajstić information content (AvgIpc) is 3.12. The molecule has 1 N–H and O–H groups in total. The fraction of sp³-hybridized carbons (Fsp3) is 0.526. The predicted molar refractivity (Wildman–Crippen MR) is 92.8 cm³/mol. The molecule has 1 aromatic carbocycles. The monoisotopic (exact) mass is 341 g/mol. The van der Waals surface area contributed by atoms with Crippen LogP contribution in [0.2, 0.25) is 0 Å². The minimum absolute atomic E-state index is 0.0842. The van der Waals surface area contributed by atoms with Crippen molar-refractivity contribution in [3.63, 3.8) is 0 Å². The average molecular weight is 341 g/mol. The van der Waals surface area contributed by atoms with E-state index in [4.69, 9.17) is 10.00 Å². The van der Waals surface area contributed by atoms with Gasteiger partial charge >= 0.3 is 12.0 Å². The van der Waals surface area contributed by atoms with Gasteiger partial charge in [-0.1, -0.05) is 0 Å². The molecule has 0 radical (unpaired) electrons. The van der Waals surface area contributed by atoms with E-state index >= 15 is 0 Å². The molecule has 0 aromatic heterocycles. The number of ether oxygens (including phenoxy) is 1. The lowest BCUT2D eigenvalue weighted by Crippen LogP contribution is -2.41. The number of hydrogen-bond acceptors (Lipinski definition) is 4. The Morgan fingerprint density at radius 3 is 2.52 bits per heavy atom. The maximum atomic E-state index is 12.7. The molecule has 2 aliphatic rings. The molecule has 25 heavy (non-hydrogen) atoms. The number of benzene rings is 1. The second kappa shape index (κ2) is 6.40. The molecule has 6 nitrogen and oxygen atoms in total. The molecule has 0 spiro atoms. The number of carbonyl (C=O) groups is 2. The summed E-state index contributed by atoms with van der Waals surface area (Å²) in [7, 11) is 0. The van der Waals surface area contributed by atoms with Crippen LogP contribution in [-0.2, 0) is 9.53 Å². The maximum Gasteiger partial charge on any atom is 0.322 e. The Morgan fingerprint density at radius 1 is 1.24 bits per heavy atom. The summed E-state index contributed by atoms with van der Waals surface area (Å²) in [4.78, 5) is 26.9. The zero-order valence-corrected chi connectivity index (χ0v) is 14.8. The second-order valence-electron chi connectivity index (χ2n) is 7.70. The van der Waals surface area contributed by atoms with E-state index in [1.807, 2.05) is 26.8 Å². The Morgan fingerprint density at radius 2 is 1.92 bits per heavy atom. The van der Waals surface area contributed by atoms with Crippen LogP contribution in [0.4, 0.5) is 10.5 Å². The number of nitrogens with one attached hydrogen (secondary N) is 1. The van der Waals surface area contributed by atoms with Gasteiger partial charge in [0.2, 0.25) is 0 Å². The van der Waals surface area contributed by atoms with Gasteiger partial charge in [-0.2, -0.15) is 5.26 Å². The van der Waals surface area contributed by atoms with Crippen LogP contribution in [-0.4, -0.2) is 34.6 Å². The highest BCUT2D eigenvalue weighted by molar-refractivity contribution is 5.91. The number of anilines is 1. The van der Waals surface area contributed by atoms with Gasteiger partial charge in [-0.25, -0.2) is 4.79 Å². The molecule has 2 heterocycles. The number of esters is 1. The predicted octanol–water partition coefficient (Wildman–Crippen LogP) is 3.28. The molecular weight excluding hydrogens is 318 g/mol. The van der Waals surface area contributed by atoms with Crippen LogP contribution in [0.5, 0.6) is 0 Å². The molecule has 2 fully saturated rings. The summed E-state index contributed by atoms with van der Waals surface area (Å²) in [5.41, 5.74) is 0.669. The SMILES string of the molecule is CC(C)(C)OC(=O)C1CC2CCC1N2C(=O)Nc1ccc(C#N)cc1. The van der Waals surface area contributed by atoms with E-state index in [0.29, 0.717) is 17.7 Å². The number of rotatable bonds is 2. The van der Waals surface area contributed by atoms with E-state index in [-0.39, 0.29) is 30.0 Å². The van der Waals surface area contributed by atoms with Gasteiger partial charge in [0.25, 0.3) is 0 Å². The molecule has 3 rings (SSSR count). The van der Waals surface area contributed by atoms with Crippen molar-refractivity contribution in [2.24, 2.45) is 5.92 Å². The van der Waals surface area contributed by atoms with Crippen LogP contribution >= 0.6 is 0 Å². The van der Waals surface area contributed by atoms with Gasteiger partial charge in [0, 0.05) is 17.8 Å². The van der Waals surface area contributed by atoms with Crippen molar-refractivity contribution < 1.29 is 14.3 Å². The minimum atomic E-state index is -0.519. The van der Waals surface area contributed by atoms with Crippen LogP contribution in [0, 0.1) is 17.2 Å². The third kappa shape index (κ3) is 3.60. The molecule has 3 unspecified atom stereocenters. The molecule has 6 heteroatoms. The number of nitrogens with zero attached hydrogens (tertiary/aromatic N) is 2. The maximum absolute atomic E-state index is 12.7. The first-order valence-electron chi connectivity index (χ1n) is 8.61. The lowest BCUT2D eigenvalue weighted by Gasteiger charge is -2.26. The van der Waals surface area contributed by atoms with Crippen molar-refractivity contribution in [3.8, 4) is 6.07 Å². The molecule has 2 bridgehead atoms. The zero-order valence-electron chi connectivity index (χ0n) is 14.8. The summed E-state index contributed by atoms with van der Waals surface area (Å²) in [6.45, 7) is 5.56. The van der Waals surface area contributed by atoms with Crippen LogP contribution in [0.1, 0.15) is 45.6 Å². The van der Waals surface area contributed by atoms with Gasteiger partial charge in [-0.05, 0) is 64.3 Å². The highest BCUT2D eigenvalue weighted by Crippen LogP contribution is 2.43. The summed E-state index contributed by atoms with van der Waals surface area (Å²) in [5, 5.41) is 11.7. The van der Waals surface area contributed by atoms with Gasteiger partial charge in [0.15, 0.2) is 0 Å². The standard InChI is InChI=1S/C19H23N3O3/c1-19(2,3)25-17(23)15-10-14-8-9-16(15)22(14)18(24)21-13-6-4-12(11-20)5-7-13/h4-7,14-16H,8-10H2,1-3H3,(H,21,24). The quantitative estimate of drug-likeness (QED) is 0.837. The number of amides is 2. The summed E-state index contributed by atoms with van der Waals surface area (Å²) < 4.78 is 5.52. The summed E-state index contributed by atoms with van der Waals surface area (Å²) in [6.07, 6.45) is 2.42. The Labute approximate surface area is 147 Å². The van der Waals surface area contributed by atoms with Gasteiger partial charge in [0.05, 0.1) is 17.6 Å². The number of hydrogen-bond donors (Lipinski definition) is 1. The van der Waals surface area contributed by atoms with Crippen molar-refractivity contribution in [3.05, 3.63) is 29.8 Å². The van der Waals surface area contributed by atoms with Crippen molar-refractivity contribution in [2.45, 2.75) is 57.7 Å². The molecule has 3 atom stereocenters. The second-order valence-corrected chi connectivity index (χ2v) is 7.70. The topological polar surface area (TPSA) is 82.4 Å². The van der Waals surface area contributed by atoms with Crippen LogP contribution in [0.3, 0.4) is 0 Å². The highest BCUT2D eigenvalue weighted by atomic mass is 16.6. The molecule has 2 amide bonds. The Bertz CT molecular complexity index is 715. The smallest absolute Gasteiger partial charge is 0.322 e. The number of urea groups is 1.